The summed E-state index contributed by atoms with van der Waals surface area (Å²) in [6, 6.07) is 8.97. The molecule has 0 aromatic heterocycles. The van der Waals surface area contributed by atoms with Crippen LogP contribution in [0.3, 0.4) is 0 Å². The van der Waals surface area contributed by atoms with Gasteiger partial charge in [0, 0.05) is 23.7 Å². The standard InChI is InChI=1S/C26H31ClN2O6/c1-6-28(7-2)12-13-29-22(17-14-19(33-3)25(35-5)20(15-17)34-4)21(24(31)26(29)32)23(30)16-8-10-18(27)11-9-16/h8-11,14-15,22,30H,6-7,12-13H2,1-5H3/t22-/m0/s1. The molecule has 0 aliphatic carbocycles. The van der Waals surface area contributed by atoms with Gasteiger partial charge in [0.15, 0.2) is 11.5 Å². The Bertz CT molecular complexity index is 1090. The van der Waals surface area contributed by atoms with Gasteiger partial charge in [0.2, 0.25) is 5.75 Å². The number of Topliss-reactive ketones (excluding diaryl/α,β-unsaturated/α-hetero) is 1. The van der Waals surface area contributed by atoms with Gasteiger partial charge in [-0.2, -0.15) is 0 Å². The molecule has 1 amide bonds. The molecule has 1 saturated heterocycles. The van der Waals surface area contributed by atoms with Gasteiger partial charge in [-0.3, -0.25) is 9.59 Å². The summed E-state index contributed by atoms with van der Waals surface area (Å²) in [5, 5.41) is 11.7. The van der Waals surface area contributed by atoms with Crippen LogP contribution < -0.4 is 14.2 Å². The van der Waals surface area contributed by atoms with Gasteiger partial charge in [0.1, 0.15) is 5.76 Å². The Balaban J connectivity index is 2.21. The number of likely N-dealkylation sites (tertiary alicyclic amines) is 1. The Morgan fingerprint density at radius 3 is 2.06 bits per heavy atom. The number of carbonyl (C=O) groups excluding carboxylic acids is 2. The highest BCUT2D eigenvalue weighted by atomic mass is 35.5. The molecule has 0 bridgehead atoms. The first-order valence-electron chi connectivity index (χ1n) is 11.4. The van der Waals surface area contributed by atoms with Gasteiger partial charge in [-0.25, -0.2) is 0 Å². The Morgan fingerprint density at radius 1 is 1.00 bits per heavy atom. The molecule has 3 rings (SSSR count). The number of aliphatic hydroxyl groups is 1. The zero-order chi connectivity index (χ0) is 25.7. The van der Waals surface area contributed by atoms with Crippen molar-refractivity contribution in [2.75, 3.05) is 47.5 Å². The van der Waals surface area contributed by atoms with Crippen molar-refractivity contribution in [2.24, 2.45) is 0 Å². The molecular weight excluding hydrogens is 472 g/mol. The number of rotatable bonds is 10. The maximum Gasteiger partial charge on any atom is 0.295 e. The fraction of sp³-hybridized carbons (Fsp3) is 0.385. The molecule has 1 aliphatic heterocycles. The lowest BCUT2D eigenvalue weighted by Crippen LogP contribution is -2.38. The fourth-order valence-electron chi connectivity index (χ4n) is 4.27. The molecule has 2 aromatic rings. The Labute approximate surface area is 210 Å². The van der Waals surface area contributed by atoms with Crippen LogP contribution in [0.5, 0.6) is 17.2 Å². The first-order valence-corrected chi connectivity index (χ1v) is 11.8. The van der Waals surface area contributed by atoms with E-state index in [9.17, 15) is 14.7 Å². The Kier molecular flexibility index (Phi) is 8.64. The monoisotopic (exact) mass is 502 g/mol. The number of ether oxygens (including phenoxy) is 3. The second-order valence-electron chi connectivity index (χ2n) is 7.98. The third kappa shape index (κ3) is 5.23. The van der Waals surface area contributed by atoms with E-state index in [1.807, 2.05) is 13.8 Å². The molecule has 1 heterocycles. The molecule has 0 radical (unpaired) electrons. The molecule has 1 atom stereocenters. The van der Waals surface area contributed by atoms with Gasteiger partial charge in [0.25, 0.3) is 11.7 Å². The number of hydrogen-bond acceptors (Lipinski definition) is 7. The lowest BCUT2D eigenvalue weighted by Gasteiger charge is -2.29. The van der Waals surface area contributed by atoms with Crippen molar-refractivity contribution >= 4 is 29.1 Å². The van der Waals surface area contributed by atoms with Crippen molar-refractivity contribution in [1.82, 2.24) is 9.80 Å². The van der Waals surface area contributed by atoms with Crippen LogP contribution in [-0.4, -0.2) is 74.1 Å². The first-order chi connectivity index (χ1) is 16.8. The SMILES string of the molecule is CCN(CC)CCN1C(=O)C(=O)C(=C(O)c2ccc(Cl)cc2)[C@@H]1c1cc(OC)c(OC)c(OC)c1. The number of carbonyl (C=O) groups is 2. The van der Waals surface area contributed by atoms with Crippen LogP contribution in [0.25, 0.3) is 5.76 Å². The topological polar surface area (TPSA) is 88.5 Å². The summed E-state index contributed by atoms with van der Waals surface area (Å²) in [4.78, 5) is 30.1. The van der Waals surface area contributed by atoms with E-state index in [0.29, 0.717) is 46.5 Å². The number of amides is 1. The molecule has 9 heteroatoms. The van der Waals surface area contributed by atoms with Crippen LogP contribution in [0.1, 0.15) is 31.0 Å². The zero-order valence-corrected chi connectivity index (χ0v) is 21.4. The second kappa shape index (κ2) is 11.5. The van der Waals surface area contributed by atoms with Crippen molar-refractivity contribution in [3.05, 3.63) is 58.1 Å². The molecule has 1 N–H and O–H groups in total. The summed E-state index contributed by atoms with van der Waals surface area (Å²) < 4.78 is 16.4. The van der Waals surface area contributed by atoms with Crippen molar-refractivity contribution in [2.45, 2.75) is 19.9 Å². The van der Waals surface area contributed by atoms with E-state index in [0.717, 1.165) is 13.1 Å². The molecule has 0 saturated carbocycles. The number of methoxy groups -OCH3 is 3. The van der Waals surface area contributed by atoms with Crippen molar-refractivity contribution in [3.63, 3.8) is 0 Å². The average Bonchev–Trinajstić information content (AvgIpc) is 3.13. The molecule has 1 fully saturated rings. The second-order valence-corrected chi connectivity index (χ2v) is 8.42. The highest BCUT2D eigenvalue weighted by molar-refractivity contribution is 6.46. The first kappa shape index (κ1) is 26.4. The van der Waals surface area contributed by atoms with Crippen LogP contribution in [0.2, 0.25) is 5.02 Å². The number of hydrogen-bond donors (Lipinski definition) is 1. The van der Waals surface area contributed by atoms with E-state index in [-0.39, 0.29) is 11.3 Å². The number of likely N-dealkylation sites (N-methyl/N-ethyl adjacent to an activating group) is 1. The number of halogens is 1. The predicted octanol–water partition coefficient (Wildman–Crippen LogP) is 4.13. The van der Waals surface area contributed by atoms with Crippen LogP contribution in [0.15, 0.2) is 42.0 Å². The fourth-order valence-corrected chi connectivity index (χ4v) is 4.39. The van der Waals surface area contributed by atoms with Gasteiger partial charge in [-0.05, 0) is 55.1 Å². The number of aliphatic hydroxyl groups excluding tert-OH is 1. The van der Waals surface area contributed by atoms with Crippen LogP contribution in [0, 0.1) is 0 Å². The highest BCUT2D eigenvalue weighted by Gasteiger charge is 2.46. The summed E-state index contributed by atoms with van der Waals surface area (Å²) in [5.74, 6) is -0.562. The summed E-state index contributed by atoms with van der Waals surface area (Å²) in [6.07, 6.45) is 0. The third-order valence-electron chi connectivity index (χ3n) is 6.21. The average molecular weight is 503 g/mol. The minimum atomic E-state index is -0.852. The number of benzene rings is 2. The Hall–Kier alpha value is -3.23. The molecule has 0 unspecified atom stereocenters. The minimum Gasteiger partial charge on any atom is -0.507 e. The van der Waals surface area contributed by atoms with E-state index in [1.54, 1.807) is 36.4 Å². The molecular formula is C26H31ClN2O6. The van der Waals surface area contributed by atoms with Gasteiger partial charge < -0.3 is 29.1 Å². The van der Waals surface area contributed by atoms with Gasteiger partial charge in [0.05, 0.1) is 32.9 Å². The lowest BCUT2D eigenvalue weighted by molar-refractivity contribution is -0.140. The maximum absolute atomic E-state index is 13.3. The third-order valence-corrected chi connectivity index (χ3v) is 6.46. The summed E-state index contributed by atoms with van der Waals surface area (Å²) in [6.45, 7) is 6.55. The smallest absolute Gasteiger partial charge is 0.295 e. The van der Waals surface area contributed by atoms with Gasteiger partial charge in [-0.1, -0.05) is 25.4 Å². The Morgan fingerprint density at radius 2 is 1.57 bits per heavy atom. The van der Waals surface area contributed by atoms with E-state index in [2.05, 4.69) is 4.90 Å². The maximum atomic E-state index is 13.3. The normalized spacial score (nSPS) is 17.2. The largest absolute Gasteiger partial charge is 0.507 e. The molecule has 188 valence electrons. The van der Waals surface area contributed by atoms with Gasteiger partial charge >= 0.3 is 0 Å². The molecule has 8 nitrogen and oxygen atoms in total. The lowest BCUT2D eigenvalue weighted by atomic mass is 9.94. The molecule has 0 spiro atoms. The van der Waals surface area contributed by atoms with Crippen molar-refractivity contribution in [3.8, 4) is 17.2 Å². The van der Waals surface area contributed by atoms with Crippen molar-refractivity contribution < 1.29 is 28.9 Å². The van der Waals surface area contributed by atoms with E-state index in [1.165, 1.54) is 26.2 Å². The highest BCUT2D eigenvalue weighted by Crippen LogP contribution is 2.45. The molecule has 2 aromatic carbocycles. The summed E-state index contributed by atoms with van der Waals surface area (Å²) >= 11 is 6.00. The zero-order valence-electron chi connectivity index (χ0n) is 20.6. The van der Waals surface area contributed by atoms with Crippen molar-refractivity contribution in [1.29, 1.82) is 0 Å². The molecule has 1 aliphatic rings. The van der Waals surface area contributed by atoms with E-state index >= 15 is 0 Å². The van der Waals surface area contributed by atoms with Crippen LogP contribution in [-0.2, 0) is 9.59 Å². The number of ketones is 1. The van der Waals surface area contributed by atoms with E-state index in [4.69, 9.17) is 25.8 Å². The van der Waals surface area contributed by atoms with Crippen LogP contribution >= 0.6 is 11.6 Å². The van der Waals surface area contributed by atoms with Gasteiger partial charge in [-0.15, -0.1) is 0 Å². The minimum absolute atomic E-state index is 0.00820. The molecule has 35 heavy (non-hydrogen) atoms. The summed E-state index contributed by atoms with van der Waals surface area (Å²) in [5.41, 5.74) is 0.925. The number of nitrogens with zero attached hydrogens (tertiary/aromatic N) is 2. The predicted molar refractivity (Wildman–Crippen MR) is 134 cm³/mol. The van der Waals surface area contributed by atoms with E-state index < -0.39 is 17.7 Å². The van der Waals surface area contributed by atoms with Crippen LogP contribution in [0.4, 0.5) is 0 Å². The quantitative estimate of drug-likeness (QED) is 0.297. The summed E-state index contributed by atoms with van der Waals surface area (Å²) in [7, 11) is 4.48.